The second-order valence-corrected chi connectivity index (χ2v) is 20.1. The van der Waals surface area contributed by atoms with Crippen LogP contribution in [-0.2, 0) is 38.1 Å². The SMILES string of the molecule is CCC(C)(C)C(=O)OC1(CC)C2CC3CC(C2)CC1C3.CCC(C)(C)C(=O)OC1C2CC3C(=O)OC1C3C2.CCC1(OC(=O)C(C)(C)CC)CCCC1. The number of fused-ring (bicyclic) bond motifs is 1. The molecule has 0 aromatic heterocycles. The lowest BCUT2D eigenvalue weighted by Gasteiger charge is -2.60. The van der Waals surface area contributed by atoms with Crippen LogP contribution in [0.15, 0.2) is 0 Å². The van der Waals surface area contributed by atoms with Crippen LogP contribution in [0.5, 0.6) is 0 Å². The molecule has 0 N–H and O–H groups in total. The first-order valence-electron chi connectivity index (χ1n) is 21.7. The Bertz CT molecular complexity index is 1310. The minimum absolute atomic E-state index is 0.0197. The van der Waals surface area contributed by atoms with Crippen molar-refractivity contribution in [3.05, 3.63) is 0 Å². The zero-order chi connectivity index (χ0) is 39.1. The molecule has 8 nitrogen and oxygen atoms in total. The van der Waals surface area contributed by atoms with Gasteiger partial charge in [-0.25, -0.2) is 0 Å². The van der Waals surface area contributed by atoms with Crippen molar-refractivity contribution in [3.63, 3.8) is 0 Å². The average Bonchev–Trinajstić information content (AvgIpc) is 3.90. The van der Waals surface area contributed by atoms with E-state index in [2.05, 4.69) is 20.8 Å². The molecule has 0 spiro atoms. The van der Waals surface area contributed by atoms with E-state index in [0.29, 0.717) is 23.7 Å². The van der Waals surface area contributed by atoms with Crippen LogP contribution in [-0.4, -0.2) is 47.3 Å². The van der Waals surface area contributed by atoms with Crippen LogP contribution in [0, 0.1) is 57.7 Å². The summed E-state index contributed by atoms with van der Waals surface area (Å²) in [5.41, 5.74) is -1.38. The van der Waals surface area contributed by atoms with Crippen molar-refractivity contribution >= 4 is 23.9 Å². The Labute approximate surface area is 321 Å². The van der Waals surface area contributed by atoms with Crippen LogP contribution >= 0.6 is 0 Å². The lowest BCUT2D eigenvalue weighted by molar-refractivity contribution is -0.218. The summed E-state index contributed by atoms with van der Waals surface area (Å²) in [7, 11) is 0. The highest BCUT2D eigenvalue weighted by Gasteiger charge is 2.64. The fourth-order valence-electron chi connectivity index (χ4n) is 10.8. The lowest BCUT2D eigenvalue weighted by atomic mass is 9.49. The van der Waals surface area contributed by atoms with Gasteiger partial charge in [0.25, 0.3) is 0 Å². The molecule has 0 aromatic rings. The highest BCUT2D eigenvalue weighted by atomic mass is 16.6. The number of hydrogen-bond donors (Lipinski definition) is 0. The minimum Gasteiger partial charge on any atom is -0.459 e. The Morgan fingerprint density at radius 3 is 1.62 bits per heavy atom. The second-order valence-electron chi connectivity index (χ2n) is 20.1. The van der Waals surface area contributed by atoms with Crippen LogP contribution in [0.4, 0.5) is 0 Å². The fraction of sp³-hybridized carbons (Fsp3) is 0.911. The summed E-state index contributed by atoms with van der Waals surface area (Å²) in [6.45, 7) is 22.2. The van der Waals surface area contributed by atoms with Crippen molar-refractivity contribution in [1.82, 2.24) is 0 Å². The predicted molar refractivity (Wildman–Crippen MR) is 205 cm³/mol. The van der Waals surface area contributed by atoms with Gasteiger partial charge in [-0.1, -0.05) is 34.6 Å². The van der Waals surface area contributed by atoms with Crippen LogP contribution in [0.1, 0.15) is 179 Å². The molecule has 53 heavy (non-hydrogen) atoms. The van der Waals surface area contributed by atoms with E-state index in [0.717, 1.165) is 69.6 Å². The highest BCUT2D eigenvalue weighted by molar-refractivity contribution is 5.79. The van der Waals surface area contributed by atoms with Gasteiger partial charge in [0.1, 0.15) is 23.4 Å². The van der Waals surface area contributed by atoms with Crippen molar-refractivity contribution in [3.8, 4) is 0 Å². The van der Waals surface area contributed by atoms with E-state index >= 15 is 0 Å². The van der Waals surface area contributed by atoms with Gasteiger partial charge < -0.3 is 18.9 Å². The maximum absolute atomic E-state index is 12.6. The molecule has 0 aromatic carbocycles. The molecular weight excluding hydrogens is 668 g/mol. The summed E-state index contributed by atoms with van der Waals surface area (Å²) in [6.07, 6.45) is 17.0. The first-order chi connectivity index (χ1) is 24.8. The van der Waals surface area contributed by atoms with Crippen molar-refractivity contribution < 1.29 is 38.1 Å². The standard InChI is InChI=1S/C18H30O2.C14H20O4.C13H24O2/c1-5-17(3,4)16(19)20-18(6-2)14-8-12-7-13(10-14)11-15(18)9-12;1-4-14(2,3)13(16)18-10-7-5-8-9(6-7)12(15)17-11(8)10;1-5-12(3,4)11(14)15-13(6-2)9-7-8-10-13/h12-15H,5-11H2,1-4H3;7-11H,4-6H2,1-3H3;5-10H2,1-4H3. The van der Waals surface area contributed by atoms with Crippen molar-refractivity contribution in [2.45, 2.75) is 202 Å². The summed E-state index contributed by atoms with van der Waals surface area (Å²) in [5, 5.41) is 0. The molecule has 0 amide bonds. The monoisotopic (exact) mass is 743 g/mol. The van der Waals surface area contributed by atoms with E-state index in [1.165, 1.54) is 44.9 Å². The van der Waals surface area contributed by atoms with Crippen molar-refractivity contribution in [1.29, 1.82) is 0 Å². The largest absolute Gasteiger partial charge is 0.459 e. The van der Waals surface area contributed by atoms with Gasteiger partial charge in [0, 0.05) is 11.8 Å². The third-order valence-corrected chi connectivity index (χ3v) is 15.8. The van der Waals surface area contributed by atoms with Crippen LogP contribution in [0.25, 0.3) is 0 Å². The van der Waals surface area contributed by atoms with E-state index in [-0.39, 0.29) is 64.0 Å². The van der Waals surface area contributed by atoms with Crippen LogP contribution in [0.2, 0.25) is 0 Å². The number of ether oxygens (including phenoxy) is 4. The molecule has 5 atom stereocenters. The maximum Gasteiger partial charge on any atom is 0.312 e. The van der Waals surface area contributed by atoms with E-state index in [1.807, 2.05) is 55.4 Å². The fourth-order valence-corrected chi connectivity index (χ4v) is 10.8. The maximum atomic E-state index is 12.6. The molecule has 1 heterocycles. The van der Waals surface area contributed by atoms with Crippen LogP contribution < -0.4 is 0 Å². The summed E-state index contributed by atoms with van der Waals surface area (Å²) in [5.74, 6) is 3.60. The minimum atomic E-state index is -0.455. The zero-order valence-corrected chi connectivity index (χ0v) is 35.3. The molecular formula is C45H74O8. The van der Waals surface area contributed by atoms with Gasteiger partial charge in [-0.2, -0.15) is 0 Å². The van der Waals surface area contributed by atoms with E-state index < -0.39 is 5.41 Å². The predicted octanol–water partition coefficient (Wildman–Crippen LogP) is 10.2. The number of rotatable bonds is 11. The Hall–Kier alpha value is -2.12. The molecule has 0 radical (unpaired) electrons. The summed E-state index contributed by atoms with van der Waals surface area (Å²) in [6, 6.07) is 0. The number of carbonyl (C=O) groups is 4. The quantitative estimate of drug-likeness (QED) is 0.152. The molecule has 1 saturated heterocycles. The topological polar surface area (TPSA) is 105 Å². The van der Waals surface area contributed by atoms with Gasteiger partial charge in [0.15, 0.2) is 0 Å². The van der Waals surface area contributed by atoms with Gasteiger partial charge in [0.2, 0.25) is 0 Å². The average molecular weight is 743 g/mol. The van der Waals surface area contributed by atoms with Gasteiger partial charge in [-0.05, 0) is 168 Å². The molecule has 8 fully saturated rings. The molecule has 7 saturated carbocycles. The Kier molecular flexibility index (Phi) is 12.5. The van der Waals surface area contributed by atoms with Gasteiger partial charge in [0.05, 0.1) is 22.2 Å². The third kappa shape index (κ3) is 8.23. The number of esters is 4. The molecule has 7 aliphatic carbocycles. The number of carbonyl (C=O) groups excluding carboxylic acids is 4. The molecule has 302 valence electrons. The Balaban J connectivity index is 0.000000155. The van der Waals surface area contributed by atoms with Crippen molar-refractivity contribution in [2.75, 3.05) is 0 Å². The van der Waals surface area contributed by atoms with E-state index in [9.17, 15) is 19.2 Å². The molecule has 8 heteroatoms. The molecule has 1 aliphatic heterocycles. The second kappa shape index (κ2) is 15.8. The first-order valence-corrected chi connectivity index (χ1v) is 21.7. The van der Waals surface area contributed by atoms with E-state index in [1.54, 1.807) is 0 Å². The molecule has 6 bridgehead atoms. The third-order valence-electron chi connectivity index (χ3n) is 15.8. The smallest absolute Gasteiger partial charge is 0.312 e. The van der Waals surface area contributed by atoms with Gasteiger partial charge in [-0.15, -0.1) is 0 Å². The highest BCUT2D eigenvalue weighted by Crippen LogP contribution is 2.61. The van der Waals surface area contributed by atoms with Gasteiger partial charge >= 0.3 is 23.9 Å². The molecule has 5 unspecified atom stereocenters. The van der Waals surface area contributed by atoms with Crippen LogP contribution in [0.3, 0.4) is 0 Å². The Morgan fingerprint density at radius 2 is 1.15 bits per heavy atom. The summed E-state index contributed by atoms with van der Waals surface area (Å²) < 4.78 is 23.1. The normalized spacial score (nSPS) is 35.8. The van der Waals surface area contributed by atoms with Gasteiger partial charge in [-0.3, -0.25) is 19.2 Å². The summed E-state index contributed by atoms with van der Waals surface area (Å²) in [4.78, 5) is 48.4. The van der Waals surface area contributed by atoms with Crippen molar-refractivity contribution in [2.24, 2.45) is 57.7 Å². The Morgan fingerprint density at radius 1 is 0.660 bits per heavy atom. The molecule has 8 rings (SSSR count). The number of hydrogen-bond acceptors (Lipinski definition) is 8. The summed E-state index contributed by atoms with van der Waals surface area (Å²) >= 11 is 0. The lowest BCUT2D eigenvalue weighted by Crippen LogP contribution is -2.60. The van der Waals surface area contributed by atoms with E-state index in [4.69, 9.17) is 18.9 Å². The molecule has 8 aliphatic rings. The first kappa shape index (κ1) is 42.0. The zero-order valence-electron chi connectivity index (χ0n) is 35.3.